The lowest BCUT2D eigenvalue weighted by Crippen LogP contribution is -2.56. The predicted molar refractivity (Wildman–Crippen MR) is 173 cm³/mol. The highest BCUT2D eigenvalue weighted by molar-refractivity contribution is 7.99. The molecular weight excluding hydrogens is 554 g/mol. The minimum atomic E-state index is -0.142. The van der Waals surface area contributed by atoms with Crippen LogP contribution in [0, 0.1) is 13.8 Å². The molecule has 0 spiro atoms. The number of hydrogen-bond acceptors (Lipinski definition) is 5. The van der Waals surface area contributed by atoms with Crippen LogP contribution in [-0.4, -0.2) is 67.8 Å². The zero-order chi connectivity index (χ0) is 30.3. The molecule has 2 amide bonds. The molecule has 2 atom stereocenters. The molecule has 1 aromatic heterocycles. The van der Waals surface area contributed by atoms with Crippen LogP contribution >= 0.6 is 11.8 Å². The second-order valence-electron chi connectivity index (χ2n) is 11.3. The van der Waals surface area contributed by atoms with E-state index in [1.54, 1.807) is 11.8 Å². The Bertz CT molecular complexity index is 1540. The highest BCUT2D eigenvalue weighted by Gasteiger charge is 2.33. The summed E-state index contributed by atoms with van der Waals surface area (Å²) in [6.45, 7) is 10.0. The molecule has 5 rings (SSSR count). The number of benzene rings is 3. The number of hydrogen-bond donors (Lipinski definition) is 0. The van der Waals surface area contributed by atoms with E-state index in [1.807, 2.05) is 52.3 Å². The molecular formula is C35H41N5O2S. The molecule has 0 saturated carbocycles. The summed E-state index contributed by atoms with van der Waals surface area (Å²) in [6, 6.07) is 26.6. The third-order valence-corrected chi connectivity index (χ3v) is 9.25. The van der Waals surface area contributed by atoms with Crippen molar-refractivity contribution in [2.75, 3.05) is 25.4 Å². The molecule has 1 aliphatic rings. The second-order valence-corrected chi connectivity index (χ2v) is 12.4. The van der Waals surface area contributed by atoms with Crippen molar-refractivity contribution >= 4 is 23.6 Å². The van der Waals surface area contributed by atoms with Crippen molar-refractivity contribution in [1.82, 2.24) is 24.6 Å². The first-order valence-corrected chi connectivity index (χ1v) is 16.2. The van der Waals surface area contributed by atoms with Gasteiger partial charge in [0.1, 0.15) is 0 Å². The molecule has 2 unspecified atom stereocenters. The van der Waals surface area contributed by atoms with Gasteiger partial charge >= 0.3 is 0 Å². The normalized spacial score (nSPS) is 15.9. The Morgan fingerprint density at radius 3 is 2.35 bits per heavy atom. The maximum atomic E-state index is 13.4. The van der Waals surface area contributed by atoms with Crippen LogP contribution in [0.1, 0.15) is 55.7 Å². The molecule has 1 saturated heterocycles. The number of carbonyl (C=O) groups excluding carboxylic acids is 2. The summed E-state index contributed by atoms with van der Waals surface area (Å²) in [5, 5.41) is 9.95. The minimum Gasteiger partial charge on any atom is -0.339 e. The standard InChI is InChI=1S/C35H41N5O2S/c1-5-30(28-13-7-6-8-14-28)34(42)39-22-21-38(24-27(39)4)32(41)16-11-23-43-35-37-36-33(29-19-17-25(2)18-20-29)40(35)31-15-10-9-12-26(31)3/h6-10,12-15,17-20,27,30H,5,11,16,21-24H2,1-4H3. The Labute approximate surface area is 259 Å². The van der Waals surface area contributed by atoms with E-state index in [2.05, 4.69) is 78.9 Å². The summed E-state index contributed by atoms with van der Waals surface area (Å²) in [5.41, 5.74) is 5.48. The topological polar surface area (TPSA) is 71.3 Å². The molecule has 2 heterocycles. The number of nitrogens with zero attached hydrogens (tertiary/aromatic N) is 5. The monoisotopic (exact) mass is 595 g/mol. The molecule has 1 fully saturated rings. The van der Waals surface area contributed by atoms with Gasteiger partial charge in [-0.25, -0.2) is 0 Å². The van der Waals surface area contributed by atoms with Crippen LogP contribution in [0.4, 0.5) is 0 Å². The summed E-state index contributed by atoms with van der Waals surface area (Å²) < 4.78 is 2.13. The van der Waals surface area contributed by atoms with Gasteiger partial charge in [0.05, 0.1) is 11.6 Å². The van der Waals surface area contributed by atoms with Gasteiger partial charge in [-0.2, -0.15) is 0 Å². The molecule has 0 bridgehead atoms. The third kappa shape index (κ3) is 7.02. The first-order valence-electron chi connectivity index (χ1n) is 15.2. The number of rotatable bonds is 10. The van der Waals surface area contributed by atoms with E-state index in [0.29, 0.717) is 26.1 Å². The molecule has 4 aromatic rings. The van der Waals surface area contributed by atoms with Crippen molar-refractivity contribution in [3.05, 3.63) is 95.6 Å². The molecule has 0 aliphatic carbocycles. The molecule has 0 radical (unpaired) electrons. The maximum Gasteiger partial charge on any atom is 0.230 e. The van der Waals surface area contributed by atoms with Crippen molar-refractivity contribution in [2.24, 2.45) is 0 Å². The molecule has 43 heavy (non-hydrogen) atoms. The maximum absolute atomic E-state index is 13.4. The van der Waals surface area contributed by atoms with Crippen molar-refractivity contribution in [2.45, 2.75) is 64.1 Å². The first kappa shape index (κ1) is 30.5. The van der Waals surface area contributed by atoms with Gasteiger partial charge < -0.3 is 9.80 Å². The van der Waals surface area contributed by atoms with Crippen molar-refractivity contribution < 1.29 is 9.59 Å². The minimum absolute atomic E-state index is 0.00908. The fraction of sp³-hybridized carbons (Fsp3) is 0.371. The van der Waals surface area contributed by atoms with Crippen LogP contribution in [0.25, 0.3) is 17.1 Å². The van der Waals surface area contributed by atoms with Crippen LogP contribution in [0.5, 0.6) is 0 Å². The highest BCUT2D eigenvalue weighted by Crippen LogP contribution is 2.30. The number of para-hydroxylation sites is 1. The zero-order valence-electron chi connectivity index (χ0n) is 25.6. The number of thioether (sulfide) groups is 1. The lowest BCUT2D eigenvalue weighted by atomic mass is 9.94. The lowest BCUT2D eigenvalue weighted by molar-refractivity contribution is -0.143. The Kier molecular flexibility index (Phi) is 9.97. The van der Waals surface area contributed by atoms with Gasteiger partial charge in [-0.05, 0) is 50.8 Å². The largest absolute Gasteiger partial charge is 0.339 e. The number of aryl methyl sites for hydroxylation is 2. The number of aromatic nitrogens is 3. The van der Waals surface area contributed by atoms with Crippen LogP contribution < -0.4 is 0 Å². The van der Waals surface area contributed by atoms with Crippen LogP contribution in [0.15, 0.2) is 84.0 Å². The van der Waals surface area contributed by atoms with E-state index in [4.69, 9.17) is 0 Å². The van der Waals surface area contributed by atoms with Gasteiger partial charge in [0.15, 0.2) is 11.0 Å². The molecule has 0 N–H and O–H groups in total. The Hall–Kier alpha value is -3.91. The lowest BCUT2D eigenvalue weighted by Gasteiger charge is -2.41. The first-order chi connectivity index (χ1) is 20.9. The van der Waals surface area contributed by atoms with Gasteiger partial charge in [-0.1, -0.05) is 97.0 Å². The summed E-state index contributed by atoms with van der Waals surface area (Å²) in [7, 11) is 0. The SMILES string of the molecule is CCC(C(=O)N1CCN(C(=O)CCCSc2nnc(-c3ccc(C)cc3)n2-c2ccccc2C)CC1C)c1ccccc1. The van der Waals surface area contributed by atoms with E-state index in [9.17, 15) is 9.59 Å². The molecule has 7 nitrogen and oxygen atoms in total. The van der Waals surface area contributed by atoms with E-state index in [0.717, 1.165) is 52.0 Å². The second kappa shape index (κ2) is 14.0. The average Bonchev–Trinajstić information content (AvgIpc) is 3.44. The van der Waals surface area contributed by atoms with Crippen LogP contribution in [0.3, 0.4) is 0 Å². The number of piperazine rings is 1. The van der Waals surface area contributed by atoms with Gasteiger partial charge in [-0.3, -0.25) is 14.2 Å². The Morgan fingerprint density at radius 2 is 1.65 bits per heavy atom. The fourth-order valence-electron chi connectivity index (χ4n) is 5.78. The summed E-state index contributed by atoms with van der Waals surface area (Å²) >= 11 is 1.63. The van der Waals surface area contributed by atoms with Crippen LogP contribution in [0.2, 0.25) is 0 Å². The predicted octanol–water partition coefficient (Wildman–Crippen LogP) is 6.68. The van der Waals surface area contributed by atoms with Gasteiger partial charge in [0.2, 0.25) is 11.8 Å². The zero-order valence-corrected chi connectivity index (χ0v) is 26.4. The van der Waals surface area contributed by atoms with Crippen molar-refractivity contribution in [1.29, 1.82) is 0 Å². The van der Waals surface area contributed by atoms with Crippen molar-refractivity contribution in [3.8, 4) is 17.1 Å². The number of carbonyl (C=O) groups is 2. The average molecular weight is 596 g/mol. The van der Waals surface area contributed by atoms with Gasteiger partial charge in [-0.15, -0.1) is 10.2 Å². The Balaban J connectivity index is 1.18. The fourth-order valence-corrected chi connectivity index (χ4v) is 6.66. The number of amides is 2. The van der Waals surface area contributed by atoms with Gasteiger partial charge in [0, 0.05) is 43.4 Å². The molecule has 224 valence electrons. The smallest absolute Gasteiger partial charge is 0.230 e. The third-order valence-electron chi connectivity index (χ3n) is 8.24. The quantitative estimate of drug-likeness (QED) is 0.151. The van der Waals surface area contributed by atoms with E-state index in [1.165, 1.54) is 5.56 Å². The van der Waals surface area contributed by atoms with Crippen LogP contribution in [-0.2, 0) is 9.59 Å². The summed E-state index contributed by atoms with van der Waals surface area (Å²) in [4.78, 5) is 30.5. The van der Waals surface area contributed by atoms with E-state index in [-0.39, 0.29) is 23.8 Å². The molecule has 3 aromatic carbocycles. The van der Waals surface area contributed by atoms with E-state index < -0.39 is 0 Å². The molecule has 8 heteroatoms. The highest BCUT2D eigenvalue weighted by atomic mass is 32.2. The van der Waals surface area contributed by atoms with E-state index >= 15 is 0 Å². The van der Waals surface area contributed by atoms with Crippen molar-refractivity contribution in [3.63, 3.8) is 0 Å². The summed E-state index contributed by atoms with van der Waals surface area (Å²) in [6.07, 6.45) is 1.97. The Morgan fingerprint density at radius 1 is 0.930 bits per heavy atom. The van der Waals surface area contributed by atoms with Gasteiger partial charge in [0.25, 0.3) is 0 Å². The molecule has 1 aliphatic heterocycles. The summed E-state index contributed by atoms with van der Waals surface area (Å²) in [5.74, 6) is 1.73.